The van der Waals surface area contributed by atoms with E-state index >= 15 is 0 Å². The number of aromatic amines is 2. The highest BCUT2D eigenvalue weighted by molar-refractivity contribution is 6.02. The summed E-state index contributed by atoms with van der Waals surface area (Å²) < 4.78 is 0. The molecular formula is C33H38N4O4. The molecule has 8 bridgehead atoms. The zero-order valence-electron chi connectivity index (χ0n) is 24.8. The van der Waals surface area contributed by atoms with E-state index in [-0.39, 0.29) is 23.8 Å². The number of nitrogens with one attached hydrogen (secondary N) is 2. The van der Waals surface area contributed by atoms with Gasteiger partial charge in [0.15, 0.2) is 0 Å². The van der Waals surface area contributed by atoms with E-state index in [1.54, 1.807) is 0 Å². The Labute approximate surface area is 239 Å². The minimum absolute atomic E-state index is 0.00763. The van der Waals surface area contributed by atoms with Gasteiger partial charge in [0.1, 0.15) is 0 Å². The van der Waals surface area contributed by atoms with Gasteiger partial charge in [-0.25, -0.2) is 9.78 Å². The van der Waals surface area contributed by atoms with E-state index in [0.717, 1.165) is 68.9 Å². The molecule has 0 aliphatic carbocycles. The van der Waals surface area contributed by atoms with Crippen LogP contribution in [0.5, 0.6) is 0 Å². The maximum atomic E-state index is 12.6. The summed E-state index contributed by atoms with van der Waals surface area (Å²) in [7, 11) is 0. The van der Waals surface area contributed by atoms with E-state index in [0.29, 0.717) is 23.0 Å². The predicted molar refractivity (Wildman–Crippen MR) is 162 cm³/mol. The van der Waals surface area contributed by atoms with E-state index in [1.165, 1.54) is 5.56 Å². The number of aliphatic carboxylic acids is 1. The molecule has 8 nitrogen and oxygen atoms in total. The molecule has 0 aromatic carbocycles. The number of aromatic carboxylic acids is 1. The number of fused-ring (bicyclic) bond motifs is 8. The summed E-state index contributed by atoms with van der Waals surface area (Å²) in [5.74, 6) is -2.09. The molecule has 5 heterocycles. The predicted octanol–water partition coefficient (Wildman–Crippen LogP) is 7.59. The van der Waals surface area contributed by atoms with Gasteiger partial charge >= 0.3 is 11.9 Å². The Morgan fingerprint density at radius 1 is 0.854 bits per heavy atom. The Hall–Kier alpha value is -4.20. The molecule has 0 spiro atoms. The van der Waals surface area contributed by atoms with Crippen molar-refractivity contribution in [3.8, 4) is 0 Å². The number of rotatable bonds is 6. The summed E-state index contributed by atoms with van der Waals surface area (Å²) in [6, 6.07) is 6.13. The number of aromatic nitrogens is 4. The third-order valence-electron chi connectivity index (χ3n) is 9.00. The summed E-state index contributed by atoms with van der Waals surface area (Å²) in [6.07, 6.45) is 2.07. The monoisotopic (exact) mass is 554 g/mol. The molecule has 0 saturated carbocycles. The minimum atomic E-state index is -1.02. The first kappa shape index (κ1) is 28.3. The normalized spacial score (nSPS) is 16.9. The molecule has 0 fully saturated rings. The number of carbonyl (C=O) groups is 2. The number of hydrogen-bond acceptors (Lipinski definition) is 4. The van der Waals surface area contributed by atoms with Crippen molar-refractivity contribution in [2.45, 2.75) is 86.0 Å². The zero-order valence-corrected chi connectivity index (χ0v) is 24.8. The van der Waals surface area contributed by atoms with Crippen molar-refractivity contribution < 1.29 is 19.8 Å². The Balaban J connectivity index is 1.98. The van der Waals surface area contributed by atoms with Crippen LogP contribution in [0.4, 0.5) is 0 Å². The molecule has 0 radical (unpaired) electrons. The molecule has 5 rings (SSSR count). The van der Waals surface area contributed by atoms with Gasteiger partial charge in [-0.1, -0.05) is 20.8 Å². The van der Waals surface area contributed by atoms with Crippen molar-refractivity contribution in [2.75, 3.05) is 0 Å². The summed E-state index contributed by atoms with van der Waals surface area (Å²) in [5, 5.41) is 19.8. The fourth-order valence-electron chi connectivity index (χ4n) is 6.55. The molecule has 3 aromatic heterocycles. The molecule has 41 heavy (non-hydrogen) atoms. The van der Waals surface area contributed by atoms with Gasteiger partial charge < -0.3 is 20.2 Å². The van der Waals surface area contributed by atoms with Crippen LogP contribution in [0.15, 0.2) is 18.2 Å². The fraction of sp³-hybridized carbons (Fsp3) is 0.394. The summed E-state index contributed by atoms with van der Waals surface area (Å²) in [4.78, 5) is 41.2. The van der Waals surface area contributed by atoms with Gasteiger partial charge in [-0.05, 0) is 98.6 Å². The smallest absolute Gasteiger partial charge is 0.338 e. The third-order valence-corrected chi connectivity index (χ3v) is 9.00. The van der Waals surface area contributed by atoms with Crippen LogP contribution in [0.25, 0.3) is 33.2 Å². The molecule has 0 amide bonds. The number of nitrogens with zero attached hydrogens (tertiary/aromatic N) is 2. The summed E-state index contributed by atoms with van der Waals surface area (Å²) in [6.45, 7) is 14.2. The lowest BCUT2D eigenvalue weighted by Crippen LogP contribution is -2.07. The number of hydrogen-bond donors (Lipinski definition) is 4. The molecular weight excluding hydrogens is 516 g/mol. The molecule has 0 unspecified atom stereocenters. The second-order valence-electron chi connectivity index (χ2n) is 11.3. The van der Waals surface area contributed by atoms with Crippen molar-refractivity contribution in [2.24, 2.45) is 0 Å². The van der Waals surface area contributed by atoms with Crippen LogP contribution in [-0.4, -0.2) is 42.1 Å². The Bertz CT molecular complexity index is 1790. The lowest BCUT2D eigenvalue weighted by molar-refractivity contribution is -0.137. The van der Waals surface area contributed by atoms with Gasteiger partial charge in [0.2, 0.25) is 0 Å². The van der Waals surface area contributed by atoms with Crippen LogP contribution in [-0.2, 0) is 11.2 Å². The van der Waals surface area contributed by atoms with Crippen molar-refractivity contribution in [3.05, 3.63) is 68.8 Å². The van der Waals surface area contributed by atoms with Gasteiger partial charge in [-0.2, -0.15) is 0 Å². The van der Waals surface area contributed by atoms with Crippen molar-refractivity contribution >= 4 is 45.2 Å². The Morgan fingerprint density at radius 3 is 2.17 bits per heavy atom. The molecule has 2 atom stereocenters. The molecule has 2 aliphatic rings. The summed E-state index contributed by atoms with van der Waals surface area (Å²) >= 11 is 0. The van der Waals surface area contributed by atoms with Gasteiger partial charge in [-0.15, -0.1) is 0 Å². The number of aryl methyl sites for hydroxylation is 4. The number of H-pyrrole nitrogens is 2. The molecule has 4 N–H and O–H groups in total. The zero-order chi connectivity index (χ0) is 29.7. The fourth-order valence-corrected chi connectivity index (χ4v) is 6.55. The highest BCUT2D eigenvalue weighted by atomic mass is 16.4. The van der Waals surface area contributed by atoms with Crippen molar-refractivity contribution in [3.63, 3.8) is 0 Å². The first-order valence-electron chi connectivity index (χ1n) is 14.4. The van der Waals surface area contributed by atoms with Gasteiger partial charge in [0.05, 0.1) is 22.5 Å². The Kier molecular flexibility index (Phi) is 7.36. The second-order valence-corrected chi connectivity index (χ2v) is 11.3. The molecule has 214 valence electrons. The quantitative estimate of drug-likeness (QED) is 0.248. The molecule has 0 saturated heterocycles. The van der Waals surface area contributed by atoms with Crippen LogP contribution in [0, 0.1) is 20.8 Å². The van der Waals surface area contributed by atoms with E-state index in [2.05, 4.69) is 56.7 Å². The average Bonchev–Trinajstić information content (AvgIpc) is 3.60. The lowest BCUT2D eigenvalue weighted by atomic mass is 9.86. The summed E-state index contributed by atoms with van der Waals surface area (Å²) in [5.41, 5.74) is 12.7. The Morgan fingerprint density at radius 2 is 1.54 bits per heavy atom. The largest absolute Gasteiger partial charge is 0.481 e. The van der Waals surface area contributed by atoms with E-state index < -0.39 is 11.9 Å². The first-order chi connectivity index (χ1) is 19.5. The standard InChI is InChI=1S/C33H38N4O4/c1-8-20-15(3)23-12-25-17(5)22(10-11-29(38)39)31(36-25)19(7)32-30(33(40)41)18(6)26(37-32)14-28-21(9-2)16(4)24(35-28)13-27(20)34-23/h12-14,17,22,34,37H,8-11H2,1-7H3,(H,38,39)(H,40,41)/t17-,22-/m0/s1. The van der Waals surface area contributed by atoms with Gasteiger partial charge in [0, 0.05) is 46.2 Å². The third kappa shape index (κ3) is 4.75. The SMILES string of the molecule is CCC1=C(C)c2cc3[nH]c(cc4nc(c(C)c5[nH]c(cc1n2)c(C)c5C(=O)O)[C@@H](CCC(=O)O)[C@@H]4C)c(C)c3CC. The average molecular weight is 555 g/mol. The highest BCUT2D eigenvalue weighted by Crippen LogP contribution is 2.42. The minimum Gasteiger partial charge on any atom is -0.481 e. The maximum Gasteiger partial charge on any atom is 0.338 e. The molecule has 2 aliphatic heterocycles. The topological polar surface area (TPSA) is 132 Å². The van der Waals surface area contributed by atoms with Crippen molar-refractivity contribution in [1.29, 1.82) is 0 Å². The van der Waals surface area contributed by atoms with Gasteiger partial charge in [0.25, 0.3) is 0 Å². The van der Waals surface area contributed by atoms with Crippen LogP contribution in [0.2, 0.25) is 0 Å². The number of carboxylic acids is 2. The van der Waals surface area contributed by atoms with Crippen LogP contribution < -0.4 is 0 Å². The number of carboxylic acid groups (broad SMARTS) is 2. The molecule has 8 heteroatoms. The first-order valence-corrected chi connectivity index (χ1v) is 14.4. The lowest BCUT2D eigenvalue weighted by Gasteiger charge is -2.16. The van der Waals surface area contributed by atoms with Crippen molar-refractivity contribution in [1.82, 2.24) is 19.9 Å². The van der Waals surface area contributed by atoms with Gasteiger partial charge in [-0.3, -0.25) is 9.78 Å². The van der Waals surface area contributed by atoms with E-state index in [1.807, 2.05) is 19.9 Å². The molecule has 3 aromatic rings. The van der Waals surface area contributed by atoms with Crippen LogP contribution in [0.1, 0.15) is 114 Å². The number of allylic oxidation sites excluding steroid dienone is 2. The maximum absolute atomic E-state index is 12.6. The van der Waals surface area contributed by atoms with E-state index in [4.69, 9.17) is 9.97 Å². The van der Waals surface area contributed by atoms with Crippen LogP contribution >= 0.6 is 0 Å². The second kappa shape index (κ2) is 10.7. The van der Waals surface area contributed by atoms with E-state index in [9.17, 15) is 19.8 Å². The highest BCUT2D eigenvalue weighted by Gasteiger charge is 2.32. The van der Waals surface area contributed by atoms with Crippen LogP contribution in [0.3, 0.4) is 0 Å².